The predicted octanol–water partition coefficient (Wildman–Crippen LogP) is 1.11. The number of rotatable bonds is 6. The molecule has 0 aromatic rings. The molecule has 0 atom stereocenters. The van der Waals surface area contributed by atoms with Crippen molar-refractivity contribution in [1.29, 1.82) is 0 Å². The summed E-state index contributed by atoms with van der Waals surface area (Å²) in [5.74, 6) is -0.0773. The molecule has 0 aliphatic heterocycles. The van der Waals surface area contributed by atoms with Crippen molar-refractivity contribution in [3.63, 3.8) is 0 Å². The van der Waals surface area contributed by atoms with Gasteiger partial charge in [-0.25, -0.2) is 0 Å². The Kier molecular flexibility index (Phi) is 6.38. The van der Waals surface area contributed by atoms with Crippen molar-refractivity contribution >= 4 is 5.91 Å². The Balaban J connectivity index is 3.20. The van der Waals surface area contributed by atoms with Crippen molar-refractivity contribution in [3.05, 3.63) is 12.2 Å². The van der Waals surface area contributed by atoms with Gasteiger partial charge in [0.15, 0.2) is 0 Å². The van der Waals surface area contributed by atoms with Crippen LogP contribution in [0.2, 0.25) is 0 Å². The number of nitrogens with one attached hydrogen (secondary N) is 1. The third-order valence-corrected chi connectivity index (χ3v) is 1.34. The van der Waals surface area contributed by atoms with Gasteiger partial charge in [0.25, 0.3) is 0 Å². The topological polar surface area (TPSA) is 38.3 Å². The summed E-state index contributed by atoms with van der Waals surface area (Å²) in [5, 5.41) is 2.72. The lowest BCUT2D eigenvalue weighted by molar-refractivity contribution is -0.117. The Morgan fingerprint density at radius 3 is 2.75 bits per heavy atom. The number of ether oxygens (including phenoxy) is 1. The minimum absolute atomic E-state index is 0.0773. The molecule has 0 bridgehead atoms. The number of carbonyl (C=O) groups excluding carboxylic acids is 1. The monoisotopic (exact) mass is 171 g/mol. The highest BCUT2D eigenvalue weighted by atomic mass is 16.5. The fraction of sp³-hybridized carbons (Fsp3) is 0.667. The highest BCUT2D eigenvalue weighted by Gasteiger charge is 1.98. The smallest absolute Gasteiger partial charge is 0.246 e. The molecule has 3 heteroatoms. The minimum Gasteiger partial charge on any atom is -0.382 e. The summed E-state index contributed by atoms with van der Waals surface area (Å²) in [6, 6.07) is 0. The van der Waals surface area contributed by atoms with Gasteiger partial charge in [-0.05, 0) is 20.3 Å². The van der Waals surface area contributed by atoms with Crippen LogP contribution in [0.25, 0.3) is 0 Å². The van der Waals surface area contributed by atoms with Crippen molar-refractivity contribution in [2.75, 3.05) is 19.8 Å². The van der Waals surface area contributed by atoms with E-state index in [-0.39, 0.29) is 5.91 Å². The van der Waals surface area contributed by atoms with Gasteiger partial charge in [0, 0.05) is 25.3 Å². The number of amides is 1. The lowest BCUT2D eigenvalue weighted by Crippen LogP contribution is -2.25. The number of hydrogen-bond acceptors (Lipinski definition) is 2. The fourth-order valence-electron chi connectivity index (χ4n) is 0.671. The van der Waals surface area contributed by atoms with E-state index in [9.17, 15) is 4.79 Å². The van der Waals surface area contributed by atoms with Gasteiger partial charge in [0.05, 0.1) is 0 Å². The van der Waals surface area contributed by atoms with E-state index in [4.69, 9.17) is 4.74 Å². The summed E-state index contributed by atoms with van der Waals surface area (Å²) in [5.41, 5.74) is 0.548. The molecule has 70 valence electrons. The quantitative estimate of drug-likeness (QED) is 0.480. The van der Waals surface area contributed by atoms with E-state index < -0.39 is 0 Å². The molecule has 1 N–H and O–H groups in total. The molecular weight excluding hydrogens is 154 g/mol. The summed E-state index contributed by atoms with van der Waals surface area (Å²) < 4.78 is 5.10. The predicted molar refractivity (Wildman–Crippen MR) is 48.9 cm³/mol. The van der Waals surface area contributed by atoms with E-state index >= 15 is 0 Å². The average molecular weight is 171 g/mol. The van der Waals surface area contributed by atoms with Crippen molar-refractivity contribution < 1.29 is 9.53 Å². The normalized spacial score (nSPS) is 9.50. The van der Waals surface area contributed by atoms with Crippen LogP contribution >= 0.6 is 0 Å². The second-order valence-electron chi connectivity index (χ2n) is 2.59. The molecule has 0 unspecified atom stereocenters. The fourth-order valence-corrected chi connectivity index (χ4v) is 0.671. The van der Waals surface area contributed by atoms with Crippen LogP contribution in [0, 0.1) is 0 Å². The molecule has 0 saturated carbocycles. The molecule has 1 amide bonds. The molecule has 0 rings (SSSR count). The van der Waals surface area contributed by atoms with Crippen molar-refractivity contribution in [2.45, 2.75) is 20.3 Å². The van der Waals surface area contributed by atoms with Crippen LogP contribution in [0.1, 0.15) is 20.3 Å². The first kappa shape index (κ1) is 11.2. The van der Waals surface area contributed by atoms with Gasteiger partial charge in [-0.2, -0.15) is 0 Å². The highest BCUT2D eigenvalue weighted by Crippen LogP contribution is 1.86. The molecule has 0 fully saturated rings. The third kappa shape index (κ3) is 5.92. The van der Waals surface area contributed by atoms with Gasteiger partial charge in [0.1, 0.15) is 0 Å². The zero-order valence-corrected chi connectivity index (χ0v) is 7.85. The maximum absolute atomic E-state index is 10.9. The largest absolute Gasteiger partial charge is 0.382 e. The van der Waals surface area contributed by atoms with E-state index in [0.717, 1.165) is 13.0 Å². The van der Waals surface area contributed by atoms with Crippen LogP contribution in [-0.4, -0.2) is 25.7 Å². The van der Waals surface area contributed by atoms with Crippen LogP contribution in [-0.2, 0) is 9.53 Å². The molecule has 0 spiro atoms. The first-order chi connectivity index (χ1) is 5.68. The van der Waals surface area contributed by atoms with Gasteiger partial charge < -0.3 is 10.1 Å². The van der Waals surface area contributed by atoms with Gasteiger partial charge in [-0.1, -0.05) is 6.58 Å². The molecule has 0 aromatic carbocycles. The lowest BCUT2D eigenvalue weighted by Gasteiger charge is -2.03. The van der Waals surface area contributed by atoms with Crippen molar-refractivity contribution in [1.82, 2.24) is 5.32 Å². The van der Waals surface area contributed by atoms with E-state index in [2.05, 4.69) is 11.9 Å². The summed E-state index contributed by atoms with van der Waals surface area (Å²) in [4.78, 5) is 10.9. The van der Waals surface area contributed by atoms with E-state index in [0.29, 0.717) is 18.7 Å². The molecule has 0 aromatic heterocycles. The molecule has 0 aliphatic rings. The molecule has 3 nitrogen and oxygen atoms in total. The first-order valence-corrected chi connectivity index (χ1v) is 4.20. The van der Waals surface area contributed by atoms with Crippen LogP contribution in [0.3, 0.4) is 0 Å². The average Bonchev–Trinajstić information content (AvgIpc) is 2.03. The Morgan fingerprint density at radius 2 is 2.25 bits per heavy atom. The second-order valence-corrected chi connectivity index (χ2v) is 2.59. The van der Waals surface area contributed by atoms with Crippen molar-refractivity contribution in [2.24, 2.45) is 0 Å². The number of hydrogen-bond donors (Lipinski definition) is 1. The number of carbonyl (C=O) groups is 1. The lowest BCUT2D eigenvalue weighted by atomic mass is 10.3. The second kappa shape index (κ2) is 6.85. The molecule has 0 heterocycles. The van der Waals surface area contributed by atoms with E-state index in [1.807, 2.05) is 6.92 Å². The van der Waals surface area contributed by atoms with Gasteiger partial charge in [-0.3, -0.25) is 4.79 Å². The van der Waals surface area contributed by atoms with E-state index in [1.54, 1.807) is 6.92 Å². The zero-order chi connectivity index (χ0) is 9.40. The van der Waals surface area contributed by atoms with Gasteiger partial charge >= 0.3 is 0 Å². The highest BCUT2D eigenvalue weighted by molar-refractivity contribution is 5.91. The molecular formula is C9H17NO2. The summed E-state index contributed by atoms with van der Waals surface area (Å²) >= 11 is 0. The van der Waals surface area contributed by atoms with Crippen LogP contribution in [0.4, 0.5) is 0 Å². The molecule has 0 aliphatic carbocycles. The molecule has 0 saturated heterocycles. The maximum atomic E-state index is 10.9. The van der Waals surface area contributed by atoms with Gasteiger partial charge in [0.2, 0.25) is 5.91 Å². The molecule has 12 heavy (non-hydrogen) atoms. The maximum Gasteiger partial charge on any atom is 0.246 e. The van der Waals surface area contributed by atoms with Crippen LogP contribution in [0.5, 0.6) is 0 Å². The Morgan fingerprint density at radius 1 is 1.58 bits per heavy atom. The zero-order valence-electron chi connectivity index (χ0n) is 7.85. The van der Waals surface area contributed by atoms with Gasteiger partial charge in [-0.15, -0.1) is 0 Å². The van der Waals surface area contributed by atoms with Crippen LogP contribution in [0.15, 0.2) is 12.2 Å². The Hall–Kier alpha value is -0.830. The first-order valence-electron chi connectivity index (χ1n) is 4.20. The SMILES string of the molecule is C=C(C)C(=O)NCCCOCC. The standard InChI is InChI=1S/C9H17NO2/c1-4-12-7-5-6-10-9(11)8(2)3/h2,4-7H2,1,3H3,(H,10,11). The van der Waals surface area contributed by atoms with Crippen molar-refractivity contribution in [3.8, 4) is 0 Å². The Labute approximate surface area is 73.8 Å². The van der Waals surface area contributed by atoms with E-state index in [1.165, 1.54) is 0 Å². The Bertz CT molecular complexity index is 155. The summed E-state index contributed by atoms with van der Waals surface area (Å²) in [6.07, 6.45) is 0.854. The van der Waals surface area contributed by atoms with Crippen LogP contribution < -0.4 is 5.32 Å². The minimum atomic E-state index is -0.0773. The molecule has 0 radical (unpaired) electrons. The summed E-state index contributed by atoms with van der Waals surface area (Å²) in [6.45, 7) is 9.26. The summed E-state index contributed by atoms with van der Waals surface area (Å²) in [7, 11) is 0. The third-order valence-electron chi connectivity index (χ3n) is 1.34.